The van der Waals surface area contributed by atoms with Crippen molar-refractivity contribution in [1.29, 1.82) is 0 Å². The number of carbonyl (C=O) groups excluding carboxylic acids is 3. The third-order valence-corrected chi connectivity index (χ3v) is 4.67. The minimum atomic E-state index is -1.34. The number of nitrogens with one attached hydrogen (secondary N) is 3. The van der Waals surface area contributed by atoms with Gasteiger partial charge in [0.25, 0.3) is 0 Å². The Morgan fingerprint density at radius 2 is 1.66 bits per heavy atom. The molecule has 1 fully saturated rings. The van der Waals surface area contributed by atoms with Gasteiger partial charge in [0, 0.05) is 18.0 Å². The van der Waals surface area contributed by atoms with Crippen molar-refractivity contribution >= 4 is 29.4 Å². The molecule has 2 amide bonds. The first-order valence-corrected chi connectivity index (χ1v) is 9.15. The summed E-state index contributed by atoms with van der Waals surface area (Å²) < 4.78 is 0. The molecule has 9 heteroatoms. The van der Waals surface area contributed by atoms with Crippen molar-refractivity contribution in [2.24, 2.45) is 0 Å². The first kappa shape index (κ1) is 23.4. The predicted octanol–water partition coefficient (Wildman–Crippen LogP) is -3.22. The van der Waals surface area contributed by atoms with Crippen LogP contribution in [0.3, 0.4) is 0 Å². The molecule has 3 rings (SSSR count). The molecule has 3 atom stereocenters. The van der Waals surface area contributed by atoms with Crippen LogP contribution in [0.5, 0.6) is 0 Å². The zero-order valence-electron chi connectivity index (χ0n) is 15.9. The number of carboxylic acid groups (broad SMARTS) is 1. The van der Waals surface area contributed by atoms with E-state index in [0.29, 0.717) is 5.02 Å². The van der Waals surface area contributed by atoms with Crippen molar-refractivity contribution in [3.63, 3.8) is 0 Å². The van der Waals surface area contributed by atoms with Crippen LogP contribution >= 0.6 is 11.6 Å². The topological polar surface area (TPSA) is 120 Å². The van der Waals surface area contributed by atoms with Crippen LogP contribution in [-0.4, -0.2) is 35.9 Å². The summed E-state index contributed by atoms with van der Waals surface area (Å²) in [5, 5.41) is 19.4. The van der Waals surface area contributed by atoms with E-state index in [-0.39, 0.29) is 48.4 Å². The Labute approximate surface area is 195 Å². The fraction of sp³-hybridized carbons (Fsp3) is 0.250. The van der Waals surface area contributed by atoms with E-state index in [4.69, 9.17) is 11.6 Å². The van der Waals surface area contributed by atoms with Gasteiger partial charge in [-0.25, -0.2) is 0 Å². The number of carbonyl (C=O) groups is 3. The third-order valence-electron chi connectivity index (χ3n) is 4.42. The molecule has 0 aliphatic carbocycles. The Hall–Kier alpha value is -1.90. The normalized spacial score (nSPS) is 18.1. The van der Waals surface area contributed by atoms with Gasteiger partial charge in [-0.2, -0.15) is 0 Å². The van der Waals surface area contributed by atoms with E-state index in [1.807, 2.05) is 30.3 Å². The number of aliphatic carboxylic acids is 1. The Morgan fingerprint density at radius 1 is 1.00 bits per heavy atom. The number of benzene rings is 2. The summed E-state index contributed by atoms with van der Waals surface area (Å²) in [6, 6.07) is 13.6. The molecule has 2 aromatic carbocycles. The maximum Gasteiger partial charge on any atom is 1.00 e. The fourth-order valence-corrected chi connectivity index (χ4v) is 2.93. The van der Waals surface area contributed by atoms with Gasteiger partial charge in [0.2, 0.25) is 11.8 Å². The molecule has 1 aliphatic rings. The molecular weight excluding hydrogens is 405 g/mol. The number of hydrogen-bond acceptors (Lipinski definition) is 5. The molecule has 0 unspecified atom stereocenters. The Bertz CT molecular complexity index is 864. The van der Waals surface area contributed by atoms with E-state index >= 15 is 0 Å². The SMILES string of the molecule is O=C(NCc1ccc(Cl)cc1)[C@H](Cc1ccccc1)NC(=O)[C@H]1N[C@@H]1C(=O)[O-].[Na+]. The monoisotopic (exact) mass is 423 g/mol. The van der Waals surface area contributed by atoms with Gasteiger partial charge >= 0.3 is 29.6 Å². The minimum absolute atomic E-state index is 0. The van der Waals surface area contributed by atoms with E-state index in [2.05, 4.69) is 16.0 Å². The molecule has 0 radical (unpaired) electrons. The molecule has 0 aromatic heterocycles. The smallest absolute Gasteiger partial charge is 0.548 e. The maximum absolute atomic E-state index is 12.7. The number of halogens is 1. The van der Waals surface area contributed by atoms with Crippen LogP contribution in [0.4, 0.5) is 0 Å². The van der Waals surface area contributed by atoms with E-state index in [9.17, 15) is 19.5 Å². The Balaban J connectivity index is 0.00000300. The first-order valence-electron chi connectivity index (χ1n) is 8.77. The average Bonchev–Trinajstić information content (AvgIpc) is 3.49. The molecule has 3 N–H and O–H groups in total. The second-order valence-corrected chi connectivity index (χ2v) is 6.97. The summed E-state index contributed by atoms with van der Waals surface area (Å²) in [7, 11) is 0. The molecule has 29 heavy (non-hydrogen) atoms. The molecule has 7 nitrogen and oxygen atoms in total. The van der Waals surface area contributed by atoms with Crippen LogP contribution in [0.15, 0.2) is 54.6 Å². The van der Waals surface area contributed by atoms with Crippen molar-refractivity contribution in [3.8, 4) is 0 Å². The minimum Gasteiger partial charge on any atom is -0.548 e. The van der Waals surface area contributed by atoms with E-state index in [1.54, 1.807) is 24.3 Å². The summed E-state index contributed by atoms with van der Waals surface area (Å²) >= 11 is 5.85. The van der Waals surface area contributed by atoms with Gasteiger partial charge in [0.15, 0.2) is 0 Å². The zero-order valence-corrected chi connectivity index (χ0v) is 18.6. The average molecular weight is 424 g/mol. The van der Waals surface area contributed by atoms with Crippen LogP contribution in [0.1, 0.15) is 11.1 Å². The van der Waals surface area contributed by atoms with E-state index in [0.717, 1.165) is 11.1 Å². The maximum atomic E-state index is 12.7. The molecule has 2 aromatic rings. The van der Waals surface area contributed by atoms with Crippen LogP contribution in [0.25, 0.3) is 0 Å². The summed E-state index contributed by atoms with van der Waals surface area (Å²) in [6.45, 7) is 0.278. The van der Waals surface area contributed by atoms with Crippen LogP contribution < -0.4 is 50.6 Å². The van der Waals surface area contributed by atoms with Gasteiger partial charge in [-0.3, -0.25) is 14.9 Å². The van der Waals surface area contributed by atoms with Crippen molar-refractivity contribution in [1.82, 2.24) is 16.0 Å². The molecule has 0 spiro atoms. The fourth-order valence-electron chi connectivity index (χ4n) is 2.80. The molecule has 1 heterocycles. The quantitative estimate of drug-likeness (QED) is 0.305. The van der Waals surface area contributed by atoms with Gasteiger partial charge in [-0.1, -0.05) is 54.1 Å². The molecule has 0 saturated carbocycles. The van der Waals surface area contributed by atoms with Crippen molar-refractivity contribution in [2.75, 3.05) is 0 Å². The summed E-state index contributed by atoms with van der Waals surface area (Å²) in [5.74, 6) is -2.25. The Morgan fingerprint density at radius 3 is 2.24 bits per heavy atom. The van der Waals surface area contributed by atoms with Gasteiger partial charge in [-0.15, -0.1) is 0 Å². The van der Waals surface area contributed by atoms with Gasteiger partial charge in [0.1, 0.15) is 12.1 Å². The van der Waals surface area contributed by atoms with Crippen LogP contribution in [0, 0.1) is 0 Å². The Kier molecular flexibility index (Phi) is 8.67. The zero-order chi connectivity index (χ0) is 20.1. The van der Waals surface area contributed by atoms with Gasteiger partial charge in [0.05, 0.1) is 12.0 Å². The standard InChI is InChI=1S/C20H20ClN3O4.Na/c21-14-8-6-13(7-9-14)11-22-18(25)15(10-12-4-2-1-3-5-12)23-19(26)16-17(24-16)20(27)28;/h1-9,15-17,24H,10-11H2,(H,22,25)(H,23,26)(H,27,28);/q;+1/p-1/t15-,16-,17-;/m0./s1. The van der Waals surface area contributed by atoms with Gasteiger partial charge < -0.3 is 20.5 Å². The van der Waals surface area contributed by atoms with Crippen molar-refractivity contribution < 1.29 is 49.0 Å². The summed E-state index contributed by atoms with van der Waals surface area (Å²) in [4.78, 5) is 35.8. The third kappa shape index (κ3) is 6.83. The summed E-state index contributed by atoms with van der Waals surface area (Å²) in [5.41, 5.74) is 1.73. The first-order chi connectivity index (χ1) is 13.4. The number of rotatable bonds is 8. The van der Waals surface area contributed by atoms with Crippen molar-refractivity contribution in [2.45, 2.75) is 31.1 Å². The molecule has 1 saturated heterocycles. The number of hydrogen-bond donors (Lipinski definition) is 3. The predicted molar refractivity (Wildman–Crippen MR) is 101 cm³/mol. The second kappa shape index (κ2) is 10.8. The molecule has 1 aliphatic heterocycles. The number of carboxylic acids is 1. The number of amides is 2. The second-order valence-electron chi connectivity index (χ2n) is 6.54. The van der Waals surface area contributed by atoms with Crippen molar-refractivity contribution in [3.05, 3.63) is 70.7 Å². The van der Waals surface area contributed by atoms with Crippen LogP contribution in [0.2, 0.25) is 5.02 Å². The van der Waals surface area contributed by atoms with E-state index < -0.39 is 30.0 Å². The summed E-state index contributed by atoms with van der Waals surface area (Å²) in [6.07, 6.45) is 0.280. The largest absolute Gasteiger partial charge is 1.00 e. The molecule has 146 valence electrons. The van der Waals surface area contributed by atoms with E-state index in [1.165, 1.54) is 0 Å². The molecule has 0 bridgehead atoms. The van der Waals surface area contributed by atoms with Gasteiger partial charge in [-0.05, 0) is 23.3 Å². The van der Waals surface area contributed by atoms with Crippen LogP contribution in [-0.2, 0) is 27.3 Å². The molecular formula is C20H19ClN3NaO4.